The van der Waals surface area contributed by atoms with Crippen molar-refractivity contribution in [2.24, 2.45) is 0 Å². The molecule has 2 heteroatoms. The molecular weight excluding hydrogens is 208 g/mol. The van der Waals surface area contributed by atoms with Gasteiger partial charge >= 0.3 is 0 Å². The van der Waals surface area contributed by atoms with Gasteiger partial charge < -0.3 is 4.74 Å². The van der Waals surface area contributed by atoms with Gasteiger partial charge in [0.2, 0.25) is 0 Å². The molecule has 0 heterocycles. The fourth-order valence-corrected chi connectivity index (χ4v) is 1.55. The number of halogens is 1. The van der Waals surface area contributed by atoms with Gasteiger partial charge in [0.05, 0.1) is 12.2 Å². The molecule has 15 heavy (non-hydrogen) atoms. The summed E-state index contributed by atoms with van der Waals surface area (Å²) in [6, 6.07) is 7.82. The van der Waals surface area contributed by atoms with Crippen molar-refractivity contribution in [3.63, 3.8) is 0 Å². The molecule has 0 saturated carbocycles. The second-order valence-corrected chi connectivity index (χ2v) is 4.51. The Morgan fingerprint density at radius 2 is 1.93 bits per heavy atom. The average molecular weight is 227 g/mol. The van der Waals surface area contributed by atoms with Crippen LogP contribution < -0.4 is 0 Å². The Kier molecular flexibility index (Phi) is 4.62. The molecule has 0 aromatic heterocycles. The van der Waals surface area contributed by atoms with Crippen LogP contribution in [0.15, 0.2) is 24.3 Å². The fraction of sp³-hybridized carbons (Fsp3) is 0.538. The predicted octanol–water partition coefficient (Wildman–Crippen LogP) is 4.44. The van der Waals surface area contributed by atoms with Crippen LogP contribution in [0.5, 0.6) is 0 Å². The lowest BCUT2D eigenvalue weighted by atomic mass is 10.00. The van der Waals surface area contributed by atoms with E-state index in [1.165, 1.54) is 0 Å². The highest BCUT2D eigenvalue weighted by Gasteiger charge is 2.19. The van der Waals surface area contributed by atoms with E-state index in [0.717, 1.165) is 23.4 Å². The molecule has 0 atom stereocenters. The Bertz CT molecular complexity index is 305. The zero-order chi connectivity index (χ0) is 11.3. The van der Waals surface area contributed by atoms with Gasteiger partial charge in [-0.25, -0.2) is 0 Å². The lowest BCUT2D eigenvalue weighted by molar-refractivity contribution is -0.0482. The highest BCUT2D eigenvalue weighted by Crippen LogP contribution is 2.22. The molecule has 0 aliphatic rings. The Balaban J connectivity index is 2.56. The summed E-state index contributed by atoms with van der Waals surface area (Å²) >= 11 is 5.91. The molecule has 1 aromatic carbocycles. The van der Waals surface area contributed by atoms with E-state index in [9.17, 15) is 0 Å². The molecular formula is C13H19ClO. The minimum Gasteiger partial charge on any atom is -0.371 e. The van der Waals surface area contributed by atoms with Gasteiger partial charge in [-0.1, -0.05) is 37.6 Å². The van der Waals surface area contributed by atoms with Crippen LogP contribution >= 0.6 is 11.6 Å². The topological polar surface area (TPSA) is 9.23 Å². The molecule has 0 saturated heterocycles. The van der Waals surface area contributed by atoms with E-state index in [2.05, 4.69) is 20.8 Å². The maximum atomic E-state index is 5.91. The van der Waals surface area contributed by atoms with Crippen molar-refractivity contribution in [1.82, 2.24) is 0 Å². The quantitative estimate of drug-likeness (QED) is 0.722. The fourth-order valence-electron chi connectivity index (χ4n) is 1.34. The first-order valence-electron chi connectivity index (χ1n) is 5.48. The number of hydrogen-bond acceptors (Lipinski definition) is 1. The van der Waals surface area contributed by atoms with Crippen molar-refractivity contribution in [3.05, 3.63) is 34.9 Å². The smallest absolute Gasteiger partial charge is 0.0724 e. The molecule has 0 unspecified atom stereocenters. The summed E-state index contributed by atoms with van der Waals surface area (Å²) in [4.78, 5) is 0. The first-order valence-corrected chi connectivity index (χ1v) is 5.86. The minimum absolute atomic E-state index is 0.0116. The third-order valence-electron chi connectivity index (χ3n) is 2.97. The van der Waals surface area contributed by atoms with Crippen molar-refractivity contribution in [3.8, 4) is 0 Å². The third kappa shape index (κ3) is 3.84. The molecule has 0 aliphatic heterocycles. The van der Waals surface area contributed by atoms with Gasteiger partial charge in [-0.3, -0.25) is 0 Å². The average Bonchev–Trinajstić information content (AvgIpc) is 2.26. The zero-order valence-corrected chi connectivity index (χ0v) is 10.5. The molecule has 0 aliphatic carbocycles. The highest BCUT2D eigenvalue weighted by molar-refractivity contribution is 6.30. The van der Waals surface area contributed by atoms with Crippen LogP contribution in [0.25, 0.3) is 0 Å². The monoisotopic (exact) mass is 226 g/mol. The Hall–Kier alpha value is -0.530. The summed E-state index contributed by atoms with van der Waals surface area (Å²) in [5.41, 5.74) is 1.12. The molecule has 0 radical (unpaired) electrons. The molecule has 84 valence electrons. The van der Waals surface area contributed by atoms with Gasteiger partial charge in [-0.15, -0.1) is 0 Å². The molecule has 0 bridgehead atoms. The second-order valence-electron chi connectivity index (χ2n) is 4.08. The van der Waals surface area contributed by atoms with Crippen LogP contribution in [0.1, 0.15) is 39.2 Å². The van der Waals surface area contributed by atoms with E-state index in [4.69, 9.17) is 16.3 Å². The lowest BCUT2D eigenvalue weighted by Crippen LogP contribution is -2.26. The van der Waals surface area contributed by atoms with Gasteiger partial charge in [0.15, 0.2) is 0 Å². The first-order chi connectivity index (χ1) is 7.09. The maximum Gasteiger partial charge on any atom is 0.0724 e. The van der Waals surface area contributed by atoms with Crippen LogP contribution in [-0.4, -0.2) is 5.60 Å². The van der Waals surface area contributed by atoms with E-state index < -0.39 is 0 Å². The molecule has 1 aromatic rings. The van der Waals surface area contributed by atoms with Gasteiger partial charge in [0, 0.05) is 5.02 Å². The van der Waals surface area contributed by atoms with Crippen molar-refractivity contribution in [1.29, 1.82) is 0 Å². The minimum atomic E-state index is -0.0116. The summed E-state index contributed by atoms with van der Waals surface area (Å²) in [5, 5.41) is 0.769. The Morgan fingerprint density at radius 3 is 2.47 bits per heavy atom. The van der Waals surface area contributed by atoms with Gasteiger partial charge in [0.1, 0.15) is 0 Å². The van der Waals surface area contributed by atoms with Crippen LogP contribution in [-0.2, 0) is 11.3 Å². The third-order valence-corrected chi connectivity index (χ3v) is 3.21. The Morgan fingerprint density at radius 1 is 1.27 bits per heavy atom. The maximum absolute atomic E-state index is 5.91. The van der Waals surface area contributed by atoms with Crippen LogP contribution in [0, 0.1) is 0 Å². The number of ether oxygens (including phenoxy) is 1. The molecule has 1 nitrogen and oxygen atoms in total. The van der Waals surface area contributed by atoms with E-state index in [0.29, 0.717) is 6.61 Å². The van der Waals surface area contributed by atoms with E-state index in [1.807, 2.05) is 24.3 Å². The van der Waals surface area contributed by atoms with Crippen molar-refractivity contribution < 1.29 is 4.74 Å². The molecule has 0 amide bonds. The summed E-state index contributed by atoms with van der Waals surface area (Å²) in [6.07, 6.45) is 2.06. The summed E-state index contributed by atoms with van der Waals surface area (Å²) in [7, 11) is 0. The summed E-state index contributed by atoms with van der Waals surface area (Å²) < 4.78 is 5.91. The van der Waals surface area contributed by atoms with Crippen LogP contribution in [0.3, 0.4) is 0 Å². The number of rotatable bonds is 5. The molecule has 0 fully saturated rings. The largest absolute Gasteiger partial charge is 0.371 e. The number of hydrogen-bond donors (Lipinski definition) is 0. The van der Waals surface area contributed by atoms with Crippen LogP contribution in [0.4, 0.5) is 0 Å². The normalized spacial score (nSPS) is 11.7. The lowest BCUT2D eigenvalue weighted by Gasteiger charge is -2.27. The molecule has 0 spiro atoms. The first kappa shape index (κ1) is 12.5. The van der Waals surface area contributed by atoms with Crippen LogP contribution in [0.2, 0.25) is 5.02 Å². The SMILES string of the molecule is CCC(C)(CC)OCc1cccc(Cl)c1. The van der Waals surface area contributed by atoms with Gasteiger partial charge in [-0.2, -0.15) is 0 Å². The van der Waals surface area contributed by atoms with Crippen molar-refractivity contribution in [2.75, 3.05) is 0 Å². The van der Waals surface area contributed by atoms with Gasteiger partial charge in [-0.05, 0) is 37.5 Å². The number of benzene rings is 1. The Labute approximate surface area is 97.4 Å². The summed E-state index contributed by atoms with van der Waals surface area (Å²) in [5.74, 6) is 0. The predicted molar refractivity (Wildman–Crippen MR) is 65.2 cm³/mol. The van der Waals surface area contributed by atoms with E-state index >= 15 is 0 Å². The molecule has 0 N–H and O–H groups in total. The standard InChI is InChI=1S/C13H19ClO/c1-4-13(3,5-2)15-10-11-7-6-8-12(14)9-11/h6-9H,4-5,10H2,1-3H3. The second kappa shape index (κ2) is 5.53. The van der Waals surface area contributed by atoms with Crippen molar-refractivity contribution in [2.45, 2.75) is 45.8 Å². The summed E-state index contributed by atoms with van der Waals surface area (Å²) in [6.45, 7) is 7.10. The van der Waals surface area contributed by atoms with Crippen molar-refractivity contribution >= 4 is 11.6 Å². The van der Waals surface area contributed by atoms with E-state index in [1.54, 1.807) is 0 Å². The highest BCUT2D eigenvalue weighted by atomic mass is 35.5. The molecule has 1 rings (SSSR count). The zero-order valence-electron chi connectivity index (χ0n) is 9.72. The van der Waals surface area contributed by atoms with Gasteiger partial charge in [0.25, 0.3) is 0 Å². The van der Waals surface area contributed by atoms with E-state index in [-0.39, 0.29) is 5.60 Å².